The number of rotatable bonds is 4. The summed E-state index contributed by atoms with van der Waals surface area (Å²) in [5.74, 6) is -0.404. The second-order valence-electron chi connectivity index (χ2n) is 6.65. The number of hydrogen-bond donors (Lipinski definition) is 0. The summed E-state index contributed by atoms with van der Waals surface area (Å²) in [4.78, 5) is 40.6. The molecule has 2 unspecified atom stereocenters. The van der Waals surface area contributed by atoms with Crippen molar-refractivity contribution in [2.75, 3.05) is 13.6 Å². The maximum absolute atomic E-state index is 13.0. The number of ketones is 1. The zero-order chi connectivity index (χ0) is 17.3. The summed E-state index contributed by atoms with van der Waals surface area (Å²) < 4.78 is 0. The lowest BCUT2D eigenvalue weighted by Crippen LogP contribution is -2.51. The van der Waals surface area contributed by atoms with Gasteiger partial charge in [-0.2, -0.15) is 0 Å². The molecule has 0 spiro atoms. The molecule has 3 amide bonds. The maximum Gasteiger partial charge on any atom is 0.327 e. The second kappa shape index (κ2) is 6.23. The van der Waals surface area contributed by atoms with Crippen LogP contribution in [0.25, 0.3) is 0 Å². The molecule has 1 aliphatic heterocycles. The van der Waals surface area contributed by atoms with E-state index in [1.807, 2.05) is 13.0 Å². The van der Waals surface area contributed by atoms with E-state index in [2.05, 4.69) is 12.2 Å². The molecule has 0 aromatic heterocycles. The summed E-state index contributed by atoms with van der Waals surface area (Å²) in [5.41, 5.74) is -0.367. The monoisotopic (exact) mass is 326 g/mol. The van der Waals surface area contributed by atoms with Gasteiger partial charge in [0.15, 0.2) is 5.78 Å². The van der Waals surface area contributed by atoms with Gasteiger partial charge in [0.05, 0.1) is 6.54 Å². The van der Waals surface area contributed by atoms with Crippen molar-refractivity contribution in [2.24, 2.45) is 5.92 Å². The quantitative estimate of drug-likeness (QED) is 0.486. The number of Topliss-reactive ketones (excluding diaryl/α,β-unsaturated/α-hetero) is 1. The van der Waals surface area contributed by atoms with Crippen molar-refractivity contribution in [2.45, 2.75) is 31.7 Å². The Kier molecular flexibility index (Phi) is 4.26. The van der Waals surface area contributed by atoms with Gasteiger partial charge in [-0.05, 0) is 32.1 Å². The fourth-order valence-electron chi connectivity index (χ4n) is 3.63. The smallest absolute Gasteiger partial charge is 0.313 e. The van der Waals surface area contributed by atoms with Crippen molar-refractivity contribution in [3.63, 3.8) is 0 Å². The van der Waals surface area contributed by atoms with Crippen molar-refractivity contribution in [1.29, 1.82) is 0 Å². The number of benzene rings is 1. The third-order valence-corrected chi connectivity index (χ3v) is 5.35. The topological polar surface area (TPSA) is 57.7 Å². The van der Waals surface area contributed by atoms with Gasteiger partial charge in [0, 0.05) is 12.6 Å². The summed E-state index contributed by atoms with van der Waals surface area (Å²) in [6, 6.07) is 8.37. The number of carbonyl (C=O) groups is 3. The Labute approximate surface area is 141 Å². The molecule has 5 heteroatoms. The van der Waals surface area contributed by atoms with Gasteiger partial charge >= 0.3 is 6.03 Å². The number of nitrogens with zero attached hydrogens (tertiary/aromatic N) is 2. The van der Waals surface area contributed by atoms with E-state index < -0.39 is 5.54 Å². The summed E-state index contributed by atoms with van der Waals surface area (Å²) in [6.45, 7) is 1.62. The lowest BCUT2D eigenvalue weighted by Gasteiger charge is -2.37. The van der Waals surface area contributed by atoms with Crippen LogP contribution < -0.4 is 0 Å². The molecule has 24 heavy (non-hydrogen) atoms. The lowest BCUT2D eigenvalue weighted by atomic mass is 9.77. The van der Waals surface area contributed by atoms with Gasteiger partial charge in [0.2, 0.25) is 0 Å². The maximum atomic E-state index is 13.0. The Balaban J connectivity index is 1.83. The Morgan fingerprint density at radius 3 is 2.54 bits per heavy atom. The summed E-state index contributed by atoms with van der Waals surface area (Å²) in [6.07, 6.45) is 6.75. The third kappa shape index (κ3) is 2.54. The minimum Gasteiger partial charge on any atom is -0.313 e. The Morgan fingerprint density at radius 1 is 1.21 bits per heavy atom. The van der Waals surface area contributed by atoms with Crippen molar-refractivity contribution in [3.8, 4) is 0 Å². The number of carbonyl (C=O) groups excluding carboxylic acids is 3. The Bertz CT molecular complexity index is 698. The number of imide groups is 1. The van der Waals surface area contributed by atoms with Gasteiger partial charge in [-0.25, -0.2) is 4.79 Å². The van der Waals surface area contributed by atoms with Crippen LogP contribution in [-0.2, 0) is 4.79 Å². The standard InChI is InChI=1S/C19H22N2O3/c1-19(15-11-7-4-8-12-15)17(23)21(18(24)20(19)2)13-16(22)14-9-5-3-6-10-14/h3-7,9-10,15H,8,11-13H2,1-2H3. The highest BCUT2D eigenvalue weighted by atomic mass is 16.2. The average Bonchev–Trinajstić information content (AvgIpc) is 2.79. The van der Waals surface area contributed by atoms with Crippen LogP contribution in [0.15, 0.2) is 42.5 Å². The second-order valence-corrected chi connectivity index (χ2v) is 6.65. The fraction of sp³-hybridized carbons (Fsp3) is 0.421. The van der Waals surface area contributed by atoms with Gasteiger partial charge in [0.25, 0.3) is 5.91 Å². The minimum absolute atomic E-state index is 0.0841. The summed E-state index contributed by atoms with van der Waals surface area (Å²) >= 11 is 0. The van der Waals surface area contributed by atoms with Crippen LogP contribution in [0.5, 0.6) is 0 Å². The fourth-order valence-corrected chi connectivity index (χ4v) is 3.63. The molecule has 0 N–H and O–H groups in total. The van der Waals surface area contributed by atoms with Crippen molar-refractivity contribution >= 4 is 17.7 Å². The van der Waals surface area contributed by atoms with Crippen LogP contribution in [-0.4, -0.2) is 46.7 Å². The predicted octanol–water partition coefficient (Wildman–Crippen LogP) is 2.88. The molecule has 3 rings (SSSR count). The molecule has 1 fully saturated rings. The van der Waals surface area contributed by atoms with Crippen LogP contribution in [0.4, 0.5) is 4.79 Å². The van der Waals surface area contributed by atoms with E-state index in [1.165, 1.54) is 4.90 Å². The van der Waals surface area contributed by atoms with Gasteiger partial charge in [-0.3, -0.25) is 14.5 Å². The molecule has 1 aromatic carbocycles. The average molecular weight is 326 g/mol. The molecule has 1 heterocycles. The van der Waals surface area contributed by atoms with E-state index in [0.717, 1.165) is 24.2 Å². The first kappa shape index (κ1) is 16.4. The molecule has 0 saturated carbocycles. The van der Waals surface area contributed by atoms with Crippen LogP contribution in [0.3, 0.4) is 0 Å². The SMILES string of the molecule is CN1C(=O)N(CC(=O)c2ccccc2)C(=O)C1(C)C1CC=CCC1. The largest absolute Gasteiger partial charge is 0.327 e. The Morgan fingerprint density at radius 2 is 1.92 bits per heavy atom. The van der Waals surface area contributed by atoms with Crippen LogP contribution >= 0.6 is 0 Å². The Hall–Kier alpha value is -2.43. The molecule has 2 atom stereocenters. The molecule has 5 nitrogen and oxygen atoms in total. The van der Waals surface area contributed by atoms with Crippen molar-refractivity contribution in [3.05, 3.63) is 48.0 Å². The van der Waals surface area contributed by atoms with Gasteiger partial charge in [-0.15, -0.1) is 0 Å². The van der Waals surface area contributed by atoms with Crippen molar-refractivity contribution < 1.29 is 14.4 Å². The highest BCUT2D eigenvalue weighted by Crippen LogP contribution is 2.39. The number of allylic oxidation sites excluding steroid dienone is 2. The molecular weight excluding hydrogens is 304 g/mol. The predicted molar refractivity (Wildman–Crippen MR) is 90.5 cm³/mol. The highest BCUT2D eigenvalue weighted by molar-refractivity contribution is 6.11. The van der Waals surface area contributed by atoms with Gasteiger partial charge in [0.1, 0.15) is 5.54 Å². The van der Waals surface area contributed by atoms with Gasteiger partial charge < -0.3 is 4.90 Å². The molecule has 2 aliphatic rings. The van der Waals surface area contributed by atoms with Crippen LogP contribution in [0.1, 0.15) is 36.5 Å². The van der Waals surface area contributed by atoms with E-state index in [4.69, 9.17) is 0 Å². The number of likely N-dealkylation sites (N-methyl/N-ethyl adjacent to an activating group) is 1. The lowest BCUT2D eigenvalue weighted by molar-refractivity contribution is -0.134. The third-order valence-electron chi connectivity index (χ3n) is 5.35. The zero-order valence-electron chi connectivity index (χ0n) is 14.1. The molecule has 1 aliphatic carbocycles. The minimum atomic E-state index is -0.876. The molecule has 126 valence electrons. The molecular formula is C19H22N2O3. The van der Waals surface area contributed by atoms with Crippen LogP contribution in [0.2, 0.25) is 0 Å². The first-order valence-electron chi connectivity index (χ1n) is 8.29. The van der Waals surface area contributed by atoms with E-state index in [-0.39, 0.29) is 30.2 Å². The van der Waals surface area contributed by atoms with Crippen LogP contribution in [0, 0.1) is 5.92 Å². The number of hydrogen-bond acceptors (Lipinski definition) is 3. The first-order chi connectivity index (χ1) is 11.5. The van der Waals surface area contributed by atoms with E-state index in [1.54, 1.807) is 31.3 Å². The summed E-state index contributed by atoms with van der Waals surface area (Å²) in [7, 11) is 1.66. The normalized spacial score (nSPS) is 27.0. The van der Waals surface area contributed by atoms with E-state index in [9.17, 15) is 14.4 Å². The molecule has 1 aromatic rings. The molecule has 1 saturated heterocycles. The van der Waals surface area contributed by atoms with E-state index >= 15 is 0 Å². The molecule has 0 bridgehead atoms. The number of amides is 3. The van der Waals surface area contributed by atoms with Crippen molar-refractivity contribution in [1.82, 2.24) is 9.80 Å². The summed E-state index contributed by atoms with van der Waals surface area (Å²) in [5, 5.41) is 0. The number of urea groups is 1. The zero-order valence-corrected chi connectivity index (χ0v) is 14.1. The van der Waals surface area contributed by atoms with Gasteiger partial charge in [-0.1, -0.05) is 42.5 Å². The van der Waals surface area contributed by atoms with E-state index in [0.29, 0.717) is 5.56 Å². The first-order valence-corrected chi connectivity index (χ1v) is 8.29. The molecule has 0 radical (unpaired) electrons. The highest BCUT2D eigenvalue weighted by Gasteiger charge is 2.56.